The maximum atomic E-state index is 12.2. The Balaban J connectivity index is 1.91. The van der Waals surface area contributed by atoms with Gasteiger partial charge in [0.05, 0.1) is 19.1 Å². The third kappa shape index (κ3) is 3.19. The molecule has 0 aromatic carbocycles. The van der Waals surface area contributed by atoms with Crippen molar-refractivity contribution in [2.75, 3.05) is 26.4 Å². The number of ether oxygens (including phenoxy) is 2. The van der Waals surface area contributed by atoms with E-state index in [4.69, 9.17) is 9.47 Å². The summed E-state index contributed by atoms with van der Waals surface area (Å²) in [6.07, 6.45) is 2.77. The smallest absolute Gasteiger partial charge is 0.325 e. The summed E-state index contributed by atoms with van der Waals surface area (Å²) >= 11 is 0. The molecule has 17 heavy (non-hydrogen) atoms. The Bertz CT molecular complexity index is 295. The van der Waals surface area contributed by atoms with Gasteiger partial charge in [0.1, 0.15) is 6.54 Å². The van der Waals surface area contributed by atoms with Gasteiger partial charge in [0.2, 0.25) is 5.91 Å². The number of rotatable bonds is 5. The lowest BCUT2D eigenvalue weighted by molar-refractivity contribution is -0.150. The molecule has 2 fully saturated rings. The second-order valence-corrected chi connectivity index (χ2v) is 4.56. The molecule has 1 atom stereocenters. The number of amides is 1. The van der Waals surface area contributed by atoms with Gasteiger partial charge in [0.25, 0.3) is 0 Å². The summed E-state index contributed by atoms with van der Waals surface area (Å²) in [7, 11) is 0. The molecule has 0 bridgehead atoms. The van der Waals surface area contributed by atoms with E-state index in [1.165, 1.54) is 0 Å². The number of nitrogens with zero attached hydrogens (tertiary/aromatic N) is 1. The average Bonchev–Trinajstić information content (AvgIpc) is 3.00. The van der Waals surface area contributed by atoms with Gasteiger partial charge in [-0.25, -0.2) is 0 Å². The van der Waals surface area contributed by atoms with Gasteiger partial charge in [-0.2, -0.15) is 0 Å². The van der Waals surface area contributed by atoms with E-state index >= 15 is 0 Å². The van der Waals surface area contributed by atoms with Gasteiger partial charge in [-0.05, 0) is 26.2 Å². The summed E-state index contributed by atoms with van der Waals surface area (Å²) in [4.78, 5) is 25.3. The van der Waals surface area contributed by atoms with Crippen LogP contribution in [0.3, 0.4) is 0 Å². The highest BCUT2D eigenvalue weighted by molar-refractivity contribution is 5.84. The molecule has 2 aliphatic rings. The topological polar surface area (TPSA) is 55.8 Å². The van der Waals surface area contributed by atoms with Crippen LogP contribution in [0.2, 0.25) is 0 Å². The zero-order valence-electron chi connectivity index (χ0n) is 10.2. The highest BCUT2D eigenvalue weighted by Gasteiger charge is 2.38. The molecule has 1 aliphatic heterocycles. The van der Waals surface area contributed by atoms with Crippen LogP contribution < -0.4 is 0 Å². The molecular weight excluding hydrogens is 222 g/mol. The minimum atomic E-state index is -0.313. The number of hydrogen-bond donors (Lipinski definition) is 0. The zero-order valence-corrected chi connectivity index (χ0v) is 10.2. The van der Waals surface area contributed by atoms with Crippen molar-refractivity contribution in [1.82, 2.24) is 4.90 Å². The molecule has 0 spiro atoms. The standard InChI is InChI=1S/C12H19NO4/c1-2-17-11(14)7-13(10-3-4-10)12(15)9-5-6-16-8-9/h9-10H,2-8H2,1H3. The maximum Gasteiger partial charge on any atom is 0.325 e. The first-order valence-corrected chi connectivity index (χ1v) is 6.26. The van der Waals surface area contributed by atoms with Gasteiger partial charge in [-0.15, -0.1) is 0 Å². The normalized spacial score (nSPS) is 23.5. The van der Waals surface area contributed by atoms with Crippen LogP contribution in [-0.4, -0.2) is 49.2 Å². The van der Waals surface area contributed by atoms with E-state index in [9.17, 15) is 9.59 Å². The van der Waals surface area contributed by atoms with E-state index in [0.717, 1.165) is 19.3 Å². The van der Waals surface area contributed by atoms with Crippen LogP contribution in [0.1, 0.15) is 26.2 Å². The molecule has 0 N–H and O–H groups in total. The predicted molar refractivity (Wildman–Crippen MR) is 60.3 cm³/mol. The third-order valence-corrected chi connectivity index (χ3v) is 3.15. The number of carbonyl (C=O) groups excluding carboxylic acids is 2. The Morgan fingerprint density at radius 2 is 2.12 bits per heavy atom. The Kier molecular flexibility index (Phi) is 3.99. The minimum absolute atomic E-state index is 0.0538. The lowest BCUT2D eigenvalue weighted by Gasteiger charge is -2.23. The average molecular weight is 241 g/mol. The lowest BCUT2D eigenvalue weighted by atomic mass is 10.1. The van der Waals surface area contributed by atoms with Crippen LogP contribution in [0, 0.1) is 5.92 Å². The van der Waals surface area contributed by atoms with Crippen molar-refractivity contribution in [3.8, 4) is 0 Å². The van der Waals surface area contributed by atoms with Gasteiger partial charge in [-0.3, -0.25) is 9.59 Å². The van der Waals surface area contributed by atoms with E-state index in [1.807, 2.05) is 0 Å². The highest BCUT2D eigenvalue weighted by atomic mass is 16.5. The monoisotopic (exact) mass is 241 g/mol. The quantitative estimate of drug-likeness (QED) is 0.661. The van der Waals surface area contributed by atoms with Gasteiger partial charge in [0, 0.05) is 12.6 Å². The summed E-state index contributed by atoms with van der Waals surface area (Å²) in [5, 5.41) is 0. The lowest BCUT2D eigenvalue weighted by Crippen LogP contribution is -2.42. The van der Waals surface area contributed by atoms with Crippen molar-refractivity contribution in [2.45, 2.75) is 32.2 Å². The SMILES string of the molecule is CCOC(=O)CN(C(=O)C1CCOC1)C1CC1. The van der Waals surface area contributed by atoms with Crippen molar-refractivity contribution in [3.63, 3.8) is 0 Å². The van der Waals surface area contributed by atoms with Crippen LogP contribution >= 0.6 is 0 Å². The van der Waals surface area contributed by atoms with Crippen LogP contribution in [0.5, 0.6) is 0 Å². The van der Waals surface area contributed by atoms with Crippen LogP contribution in [0.4, 0.5) is 0 Å². The molecule has 5 heteroatoms. The van der Waals surface area contributed by atoms with Crippen LogP contribution in [-0.2, 0) is 19.1 Å². The first kappa shape index (κ1) is 12.4. The maximum absolute atomic E-state index is 12.2. The predicted octanol–water partition coefficient (Wildman–Crippen LogP) is 0.577. The summed E-state index contributed by atoms with van der Waals surface area (Å²) in [5.41, 5.74) is 0. The fraction of sp³-hybridized carbons (Fsp3) is 0.833. The second-order valence-electron chi connectivity index (χ2n) is 4.56. The molecule has 1 saturated carbocycles. The summed E-state index contributed by atoms with van der Waals surface area (Å²) < 4.78 is 10.1. The molecule has 1 aliphatic carbocycles. The summed E-state index contributed by atoms with van der Waals surface area (Å²) in [6.45, 7) is 3.36. The number of carbonyl (C=O) groups is 2. The number of esters is 1. The molecule has 0 aromatic heterocycles. The largest absolute Gasteiger partial charge is 0.465 e. The van der Waals surface area contributed by atoms with Gasteiger partial charge in [-0.1, -0.05) is 0 Å². The Labute approximate surface area is 101 Å². The number of hydrogen-bond acceptors (Lipinski definition) is 4. The van der Waals surface area contributed by atoms with E-state index in [2.05, 4.69) is 0 Å². The van der Waals surface area contributed by atoms with E-state index in [0.29, 0.717) is 19.8 Å². The molecule has 1 amide bonds. The minimum Gasteiger partial charge on any atom is -0.465 e. The van der Waals surface area contributed by atoms with Crippen molar-refractivity contribution >= 4 is 11.9 Å². The Hall–Kier alpha value is -1.10. The fourth-order valence-electron chi connectivity index (χ4n) is 2.08. The first-order valence-electron chi connectivity index (χ1n) is 6.26. The summed E-state index contributed by atoms with van der Waals surface area (Å²) in [5.74, 6) is -0.324. The molecule has 1 heterocycles. The molecule has 1 saturated heterocycles. The van der Waals surface area contributed by atoms with Crippen molar-refractivity contribution < 1.29 is 19.1 Å². The Morgan fingerprint density at radius 3 is 2.65 bits per heavy atom. The highest BCUT2D eigenvalue weighted by Crippen LogP contribution is 2.29. The zero-order chi connectivity index (χ0) is 12.3. The first-order chi connectivity index (χ1) is 8.22. The molecule has 0 radical (unpaired) electrons. The molecule has 1 unspecified atom stereocenters. The van der Waals surface area contributed by atoms with Crippen LogP contribution in [0.15, 0.2) is 0 Å². The van der Waals surface area contributed by atoms with E-state index < -0.39 is 0 Å². The molecule has 2 rings (SSSR count). The molecule has 96 valence electrons. The Morgan fingerprint density at radius 1 is 1.35 bits per heavy atom. The molecule has 0 aromatic rings. The fourth-order valence-corrected chi connectivity index (χ4v) is 2.08. The van der Waals surface area contributed by atoms with E-state index in [1.54, 1.807) is 11.8 Å². The molecular formula is C12H19NO4. The third-order valence-electron chi connectivity index (χ3n) is 3.15. The van der Waals surface area contributed by atoms with Gasteiger partial charge in [0.15, 0.2) is 0 Å². The van der Waals surface area contributed by atoms with Gasteiger partial charge < -0.3 is 14.4 Å². The van der Waals surface area contributed by atoms with Gasteiger partial charge >= 0.3 is 5.97 Å². The summed E-state index contributed by atoms with van der Waals surface area (Å²) in [6, 6.07) is 0.243. The van der Waals surface area contributed by atoms with Crippen molar-refractivity contribution in [2.24, 2.45) is 5.92 Å². The van der Waals surface area contributed by atoms with E-state index in [-0.39, 0.29) is 30.4 Å². The molecule has 5 nitrogen and oxygen atoms in total. The second kappa shape index (κ2) is 5.49. The van der Waals surface area contributed by atoms with Crippen molar-refractivity contribution in [3.05, 3.63) is 0 Å². The van der Waals surface area contributed by atoms with Crippen LogP contribution in [0.25, 0.3) is 0 Å². The van der Waals surface area contributed by atoms with Crippen molar-refractivity contribution in [1.29, 1.82) is 0 Å².